The molecule has 1 atom stereocenters. The van der Waals surface area contributed by atoms with Crippen molar-refractivity contribution >= 4 is 11.0 Å². The lowest BCUT2D eigenvalue weighted by Crippen LogP contribution is -2.41. The van der Waals surface area contributed by atoms with Crippen molar-refractivity contribution < 1.29 is 0 Å². The number of hydrogen-bond acceptors (Lipinski definition) is 2. The van der Waals surface area contributed by atoms with E-state index in [1.54, 1.807) is 0 Å². The molecule has 3 aliphatic rings. The van der Waals surface area contributed by atoms with E-state index in [4.69, 9.17) is 0 Å². The predicted octanol–water partition coefficient (Wildman–Crippen LogP) is 3.94. The van der Waals surface area contributed by atoms with Gasteiger partial charge in [-0.1, -0.05) is 25.0 Å². The van der Waals surface area contributed by atoms with Crippen LogP contribution in [0.15, 0.2) is 29.1 Å². The molecule has 1 aromatic carbocycles. The van der Waals surface area contributed by atoms with Crippen LogP contribution in [0.25, 0.3) is 11.0 Å². The summed E-state index contributed by atoms with van der Waals surface area (Å²) in [6, 6.07) is 8.43. The van der Waals surface area contributed by atoms with Crippen LogP contribution in [0.3, 0.4) is 0 Å². The van der Waals surface area contributed by atoms with Crippen LogP contribution in [0.4, 0.5) is 0 Å². The molecule has 3 fully saturated rings. The highest BCUT2D eigenvalue weighted by molar-refractivity contribution is 5.75. The first kappa shape index (κ1) is 15.7. The summed E-state index contributed by atoms with van der Waals surface area (Å²) in [7, 11) is 0. The van der Waals surface area contributed by atoms with E-state index in [0.717, 1.165) is 48.3 Å². The highest BCUT2D eigenvalue weighted by atomic mass is 16.1. The maximum Gasteiger partial charge on any atom is 0.326 e. The molecule has 0 radical (unpaired) electrons. The van der Waals surface area contributed by atoms with Gasteiger partial charge in [-0.05, 0) is 62.0 Å². The summed E-state index contributed by atoms with van der Waals surface area (Å²) in [6.07, 6.45) is 11.0. The Morgan fingerprint density at radius 2 is 1.84 bits per heavy atom. The normalized spacial score (nSPS) is 27.1. The summed E-state index contributed by atoms with van der Waals surface area (Å²) < 4.78 is 2.01. The Hall–Kier alpha value is -1.55. The smallest absolute Gasteiger partial charge is 0.306 e. The first-order chi connectivity index (χ1) is 12.3. The van der Waals surface area contributed by atoms with E-state index < -0.39 is 0 Å². The van der Waals surface area contributed by atoms with Gasteiger partial charge in [-0.25, -0.2) is 4.79 Å². The number of piperidine rings is 1. The molecule has 2 heterocycles. The molecule has 4 nitrogen and oxygen atoms in total. The fraction of sp³-hybridized carbons (Fsp3) is 0.667. The minimum absolute atomic E-state index is 0.0591. The van der Waals surface area contributed by atoms with Crippen LogP contribution in [0.5, 0.6) is 0 Å². The number of para-hydroxylation sites is 2. The molecule has 1 saturated heterocycles. The van der Waals surface area contributed by atoms with Crippen molar-refractivity contribution in [2.24, 2.45) is 11.3 Å². The third-order valence-corrected chi connectivity index (χ3v) is 7.26. The molecule has 2 saturated carbocycles. The van der Waals surface area contributed by atoms with Crippen molar-refractivity contribution in [1.29, 1.82) is 0 Å². The zero-order valence-corrected chi connectivity index (χ0v) is 15.0. The Bertz CT molecular complexity index is 808. The van der Waals surface area contributed by atoms with Crippen LogP contribution >= 0.6 is 0 Å². The van der Waals surface area contributed by atoms with Crippen molar-refractivity contribution in [3.8, 4) is 0 Å². The minimum atomic E-state index is 0.0591. The molecule has 134 valence electrons. The summed E-state index contributed by atoms with van der Waals surface area (Å²) in [5.74, 6) is 0.939. The van der Waals surface area contributed by atoms with Crippen molar-refractivity contribution in [3.63, 3.8) is 0 Å². The molecule has 4 heteroatoms. The molecule has 0 unspecified atom stereocenters. The van der Waals surface area contributed by atoms with Crippen LogP contribution in [-0.4, -0.2) is 34.1 Å². The van der Waals surface area contributed by atoms with Crippen molar-refractivity contribution in [2.75, 3.05) is 19.6 Å². The number of benzene rings is 1. The molecule has 25 heavy (non-hydrogen) atoms. The van der Waals surface area contributed by atoms with Gasteiger partial charge < -0.3 is 9.88 Å². The maximum absolute atomic E-state index is 12.4. The zero-order chi connectivity index (χ0) is 16.9. The summed E-state index contributed by atoms with van der Waals surface area (Å²) in [4.78, 5) is 18.1. The monoisotopic (exact) mass is 339 g/mol. The Morgan fingerprint density at radius 3 is 2.64 bits per heavy atom. The summed E-state index contributed by atoms with van der Waals surface area (Å²) in [5.41, 5.74) is 2.83. The third kappa shape index (κ3) is 2.75. The minimum Gasteiger partial charge on any atom is -0.306 e. The van der Waals surface area contributed by atoms with Crippen LogP contribution in [0.1, 0.15) is 57.4 Å². The van der Waals surface area contributed by atoms with Gasteiger partial charge in [0.2, 0.25) is 0 Å². The van der Waals surface area contributed by atoms with Crippen molar-refractivity contribution in [1.82, 2.24) is 14.5 Å². The van der Waals surface area contributed by atoms with E-state index in [1.807, 2.05) is 22.8 Å². The van der Waals surface area contributed by atoms with Gasteiger partial charge in [0.1, 0.15) is 0 Å². The van der Waals surface area contributed by atoms with Gasteiger partial charge in [-0.3, -0.25) is 4.57 Å². The number of nitrogens with one attached hydrogen (secondary N) is 1. The number of aromatic nitrogens is 2. The third-order valence-electron chi connectivity index (χ3n) is 7.26. The lowest BCUT2D eigenvalue weighted by molar-refractivity contribution is 0.108. The number of hydrogen-bond donors (Lipinski definition) is 1. The fourth-order valence-corrected chi connectivity index (χ4v) is 5.59. The topological polar surface area (TPSA) is 41.0 Å². The Labute approximate surface area is 149 Å². The Morgan fingerprint density at radius 1 is 1.04 bits per heavy atom. The first-order valence-electron chi connectivity index (χ1n) is 10.2. The lowest BCUT2D eigenvalue weighted by Gasteiger charge is -2.39. The van der Waals surface area contributed by atoms with E-state index in [1.165, 1.54) is 45.1 Å². The molecule has 1 N–H and O–H groups in total. The number of likely N-dealkylation sites (tertiary alicyclic amines) is 1. The number of H-pyrrole nitrogens is 1. The molecule has 1 spiro atoms. The van der Waals surface area contributed by atoms with E-state index in [9.17, 15) is 4.79 Å². The van der Waals surface area contributed by atoms with Gasteiger partial charge in [-0.2, -0.15) is 0 Å². The molecule has 0 amide bonds. The van der Waals surface area contributed by atoms with Crippen LogP contribution in [0.2, 0.25) is 0 Å². The van der Waals surface area contributed by atoms with Gasteiger partial charge in [0.15, 0.2) is 0 Å². The largest absolute Gasteiger partial charge is 0.326 e. The first-order valence-corrected chi connectivity index (χ1v) is 10.2. The van der Waals surface area contributed by atoms with E-state index in [2.05, 4.69) is 16.0 Å². The second kappa shape index (κ2) is 6.01. The second-order valence-electron chi connectivity index (χ2n) is 8.65. The molecule has 1 aliphatic heterocycles. The standard InChI is InChI=1S/C21H29N3O/c25-20-22-18-6-1-2-7-19(18)24(20)17-8-13-23(14-9-17)15-16-5-3-4-10-21(16)11-12-21/h1-2,6-7,16-17H,3-5,8-15H2,(H,22,25)/t16-/m1/s1. The summed E-state index contributed by atoms with van der Waals surface area (Å²) in [5, 5.41) is 0. The van der Waals surface area contributed by atoms with Gasteiger partial charge in [0, 0.05) is 25.7 Å². The number of nitrogens with zero attached hydrogens (tertiary/aromatic N) is 2. The maximum atomic E-state index is 12.4. The molecule has 1 aromatic heterocycles. The number of aromatic amines is 1. The van der Waals surface area contributed by atoms with Gasteiger partial charge in [0.25, 0.3) is 0 Å². The predicted molar refractivity (Wildman–Crippen MR) is 101 cm³/mol. The highest BCUT2D eigenvalue weighted by Gasteiger charge is 2.50. The quantitative estimate of drug-likeness (QED) is 0.920. The van der Waals surface area contributed by atoms with Gasteiger partial charge in [-0.15, -0.1) is 0 Å². The van der Waals surface area contributed by atoms with Crippen LogP contribution in [0, 0.1) is 11.3 Å². The summed E-state index contributed by atoms with van der Waals surface area (Å²) >= 11 is 0. The van der Waals surface area contributed by atoms with Crippen molar-refractivity contribution in [2.45, 2.75) is 57.4 Å². The molecular formula is C21H29N3O. The van der Waals surface area contributed by atoms with E-state index in [0.29, 0.717) is 6.04 Å². The zero-order valence-electron chi connectivity index (χ0n) is 15.0. The van der Waals surface area contributed by atoms with Gasteiger partial charge in [0.05, 0.1) is 11.0 Å². The number of imidazole rings is 1. The fourth-order valence-electron chi connectivity index (χ4n) is 5.59. The Kier molecular flexibility index (Phi) is 3.77. The van der Waals surface area contributed by atoms with E-state index >= 15 is 0 Å². The lowest BCUT2D eigenvalue weighted by atomic mass is 9.76. The number of fused-ring (bicyclic) bond motifs is 1. The second-order valence-corrected chi connectivity index (χ2v) is 8.65. The Balaban J connectivity index is 1.27. The molecule has 0 bridgehead atoms. The molecule has 5 rings (SSSR count). The molecule has 2 aliphatic carbocycles. The van der Waals surface area contributed by atoms with Crippen LogP contribution in [-0.2, 0) is 0 Å². The highest BCUT2D eigenvalue weighted by Crippen LogP contribution is 2.59. The number of rotatable bonds is 3. The SMILES string of the molecule is O=c1[nH]c2ccccc2n1C1CCN(C[C@H]2CCCCC23CC3)CC1. The van der Waals surface area contributed by atoms with Crippen LogP contribution < -0.4 is 5.69 Å². The summed E-state index contributed by atoms with van der Waals surface area (Å²) in [6.45, 7) is 3.59. The van der Waals surface area contributed by atoms with Crippen molar-refractivity contribution in [3.05, 3.63) is 34.7 Å². The average molecular weight is 339 g/mol. The average Bonchev–Trinajstić information content (AvgIpc) is 3.32. The van der Waals surface area contributed by atoms with E-state index in [-0.39, 0.29) is 5.69 Å². The molecule has 2 aromatic rings. The van der Waals surface area contributed by atoms with Gasteiger partial charge >= 0.3 is 5.69 Å². The molecular weight excluding hydrogens is 310 g/mol.